The van der Waals surface area contributed by atoms with Crippen LogP contribution in [0.5, 0.6) is 11.5 Å². The van der Waals surface area contributed by atoms with Crippen molar-refractivity contribution < 1.29 is 19.0 Å². The second-order valence-corrected chi connectivity index (χ2v) is 7.20. The van der Waals surface area contributed by atoms with E-state index in [2.05, 4.69) is 42.5 Å². The molecule has 28 heavy (non-hydrogen) atoms. The van der Waals surface area contributed by atoms with Gasteiger partial charge < -0.3 is 14.2 Å². The molecule has 0 radical (unpaired) electrons. The van der Waals surface area contributed by atoms with Crippen molar-refractivity contribution in [3.8, 4) is 22.6 Å². The van der Waals surface area contributed by atoms with Crippen LogP contribution in [0.2, 0.25) is 0 Å². The fourth-order valence-electron chi connectivity index (χ4n) is 4.28. The maximum atomic E-state index is 12.3. The lowest BCUT2D eigenvalue weighted by atomic mass is 9.90. The zero-order valence-electron chi connectivity index (χ0n) is 15.8. The van der Waals surface area contributed by atoms with Crippen molar-refractivity contribution >= 4 is 5.97 Å². The van der Waals surface area contributed by atoms with Crippen LogP contribution in [0.4, 0.5) is 0 Å². The van der Waals surface area contributed by atoms with Gasteiger partial charge in [-0.2, -0.15) is 0 Å². The van der Waals surface area contributed by atoms with Crippen molar-refractivity contribution in [1.82, 2.24) is 0 Å². The molecule has 3 aromatic rings. The molecule has 0 N–H and O–H groups in total. The van der Waals surface area contributed by atoms with E-state index in [9.17, 15) is 4.79 Å². The number of methoxy groups -OCH3 is 2. The van der Waals surface area contributed by atoms with Crippen LogP contribution in [0.3, 0.4) is 0 Å². The number of hydrogen-bond donors (Lipinski definition) is 0. The van der Waals surface area contributed by atoms with Gasteiger partial charge in [0.2, 0.25) is 0 Å². The zero-order valence-corrected chi connectivity index (χ0v) is 15.8. The summed E-state index contributed by atoms with van der Waals surface area (Å²) in [6.45, 7) is 0. The highest BCUT2D eigenvalue weighted by Crippen LogP contribution is 2.43. The van der Waals surface area contributed by atoms with Gasteiger partial charge in [0.15, 0.2) is 17.6 Å². The van der Waals surface area contributed by atoms with Crippen LogP contribution < -0.4 is 9.47 Å². The molecule has 0 bridgehead atoms. The molecular formula is C24H20O4. The Kier molecular flexibility index (Phi) is 3.86. The number of carbonyl (C=O) groups is 1. The third kappa shape index (κ3) is 2.56. The monoisotopic (exact) mass is 372 g/mol. The lowest BCUT2D eigenvalue weighted by Gasteiger charge is -2.27. The van der Waals surface area contributed by atoms with Crippen LogP contribution >= 0.6 is 0 Å². The number of benzene rings is 3. The Morgan fingerprint density at radius 3 is 2.39 bits per heavy atom. The Morgan fingerprint density at radius 2 is 1.57 bits per heavy atom. The van der Waals surface area contributed by atoms with Crippen molar-refractivity contribution in [2.24, 2.45) is 0 Å². The van der Waals surface area contributed by atoms with E-state index < -0.39 is 6.10 Å². The maximum Gasteiger partial charge on any atom is 0.311 e. The second-order valence-electron chi connectivity index (χ2n) is 7.20. The lowest BCUT2D eigenvalue weighted by molar-refractivity contribution is -0.148. The molecule has 2 aliphatic rings. The molecule has 0 saturated carbocycles. The molecular weight excluding hydrogens is 352 g/mol. The third-order valence-corrected chi connectivity index (χ3v) is 5.64. The van der Waals surface area contributed by atoms with Crippen LogP contribution in [-0.4, -0.2) is 20.2 Å². The first-order chi connectivity index (χ1) is 13.7. The maximum absolute atomic E-state index is 12.3. The number of carbonyl (C=O) groups excluding carboxylic acids is 1. The molecule has 5 rings (SSSR count). The average Bonchev–Trinajstić information content (AvgIpc) is 3.10. The fraction of sp³-hybridized carbons (Fsp3) is 0.208. The molecule has 140 valence electrons. The van der Waals surface area contributed by atoms with Crippen LogP contribution in [0.25, 0.3) is 11.1 Å². The molecule has 4 heteroatoms. The van der Waals surface area contributed by atoms with Gasteiger partial charge in [-0.05, 0) is 58.0 Å². The molecule has 0 spiro atoms. The van der Waals surface area contributed by atoms with Crippen LogP contribution in [-0.2, 0) is 22.4 Å². The minimum Gasteiger partial charge on any atom is -0.493 e. The molecule has 0 fully saturated rings. The number of esters is 1. The summed E-state index contributed by atoms with van der Waals surface area (Å²) in [6, 6.07) is 18.6. The number of rotatable bonds is 3. The van der Waals surface area contributed by atoms with Crippen molar-refractivity contribution in [1.29, 1.82) is 0 Å². The Hall–Kier alpha value is -3.27. The quantitative estimate of drug-likeness (QED) is 0.498. The molecule has 0 aromatic heterocycles. The van der Waals surface area contributed by atoms with E-state index >= 15 is 0 Å². The van der Waals surface area contributed by atoms with Gasteiger partial charge >= 0.3 is 5.97 Å². The summed E-state index contributed by atoms with van der Waals surface area (Å²) < 4.78 is 16.7. The van der Waals surface area contributed by atoms with Crippen molar-refractivity contribution in [3.05, 3.63) is 82.4 Å². The normalized spacial score (nSPS) is 16.6. The molecule has 1 aliphatic heterocycles. The van der Waals surface area contributed by atoms with E-state index in [0.717, 1.165) is 23.1 Å². The van der Waals surface area contributed by atoms with E-state index in [0.29, 0.717) is 11.5 Å². The summed E-state index contributed by atoms with van der Waals surface area (Å²) in [4.78, 5) is 12.3. The smallest absolute Gasteiger partial charge is 0.311 e. The molecule has 1 aliphatic carbocycles. The largest absolute Gasteiger partial charge is 0.493 e. The predicted octanol–water partition coefficient (Wildman–Crippen LogP) is 4.46. The van der Waals surface area contributed by atoms with E-state index in [1.165, 1.54) is 22.3 Å². The first-order valence-electron chi connectivity index (χ1n) is 9.33. The van der Waals surface area contributed by atoms with Crippen molar-refractivity contribution in [2.45, 2.75) is 18.9 Å². The van der Waals surface area contributed by atoms with Crippen LogP contribution in [0.15, 0.2) is 54.6 Å². The summed E-state index contributed by atoms with van der Waals surface area (Å²) in [5.41, 5.74) is 7.95. The second kappa shape index (κ2) is 6.41. The highest BCUT2D eigenvalue weighted by molar-refractivity contribution is 5.79. The van der Waals surface area contributed by atoms with E-state index in [-0.39, 0.29) is 12.4 Å². The van der Waals surface area contributed by atoms with Crippen molar-refractivity contribution in [3.63, 3.8) is 0 Å². The molecule has 1 heterocycles. The highest BCUT2D eigenvalue weighted by atomic mass is 16.5. The summed E-state index contributed by atoms with van der Waals surface area (Å²) in [7, 11) is 3.21. The van der Waals surface area contributed by atoms with Gasteiger partial charge in [-0.3, -0.25) is 4.79 Å². The summed E-state index contributed by atoms with van der Waals surface area (Å²) in [6.07, 6.45) is 0.728. The molecule has 0 amide bonds. The van der Waals surface area contributed by atoms with E-state index in [4.69, 9.17) is 14.2 Å². The van der Waals surface area contributed by atoms with Gasteiger partial charge in [-0.25, -0.2) is 0 Å². The molecule has 4 nitrogen and oxygen atoms in total. The van der Waals surface area contributed by atoms with Gasteiger partial charge in [0, 0.05) is 5.56 Å². The molecule has 0 saturated heterocycles. The first-order valence-corrected chi connectivity index (χ1v) is 9.33. The van der Waals surface area contributed by atoms with Gasteiger partial charge in [0.1, 0.15) is 0 Å². The van der Waals surface area contributed by atoms with Gasteiger partial charge in [-0.15, -0.1) is 0 Å². The van der Waals surface area contributed by atoms with Gasteiger partial charge in [0.25, 0.3) is 0 Å². The predicted molar refractivity (Wildman–Crippen MR) is 106 cm³/mol. The zero-order chi connectivity index (χ0) is 19.3. The number of hydrogen-bond acceptors (Lipinski definition) is 4. The van der Waals surface area contributed by atoms with Crippen LogP contribution in [0.1, 0.15) is 33.9 Å². The average molecular weight is 372 g/mol. The summed E-state index contributed by atoms with van der Waals surface area (Å²) in [5.74, 6) is 1.03. The summed E-state index contributed by atoms with van der Waals surface area (Å²) >= 11 is 0. The van der Waals surface area contributed by atoms with E-state index in [1.807, 2.05) is 12.1 Å². The first kappa shape index (κ1) is 16.9. The number of cyclic esters (lactones) is 1. The third-order valence-electron chi connectivity index (χ3n) is 5.64. The SMILES string of the molecule is COc1cc2c(cc1OC)[C@@H](c1ccc3c(c1)-c1ccccc1C3)OC(=O)C2. The van der Waals surface area contributed by atoms with Gasteiger partial charge in [-0.1, -0.05) is 36.4 Å². The number of ether oxygens (including phenoxy) is 3. The Labute approximate surface area is 163 Å². The van der Waals surface area contributed by atoms with E-state index in [1.54, 1.807) is 14.2 Å². The lowest BCUT2D eigenvalue weighted by Crippen LogP contribution is -2.22. The minimum absolute atomic E-state index is 0.231. The topological polar surface area (TPSA) is 44.8 Å². The summed E-state index contributed by atoms with van der Waals surface area (Å²) in [5, 5.41) is 0. The molecule has 1 atom stereocenters. The molecule has 3 aromatic carbocycles. The van der Waals surface area contributed by atoms with Crippen LogP contribution in [0, 0.1) is 0 Å². The minimum atomic E-state index is -0.450. The standard InChI is InChI=1S/C24H20O4/c1-26-21-11-17-12-23(25)28-24(20(17)13-22(21)27-2)16-8-7-15-9-14-5-3-4-6-18(14)19(15)10-16/h3-8,10-11,13,24H,9,12H2,1-2H3/t24-/m1/s1. The highest BCUT2D eigenvalue weighted by Gasteiger charge is 2.31. The Balaban J connectivity index is 1.63. The Bertz CT molecular complexity index is 1100. The number of fused-ring (bicyclic) bond motifs is 4. The molecule has 0 unspecified atom stereocenters. The van der Waals surface area contributed by atoms with Gasteiger partial charge in [0.05, 0.1) is 20.6 Å². The van der Waals surface area contributed by atoms with Crippen molar-refractivity contribution in [2.75, 3.05) is 14.2 Å². The fourth-order valence-corrected chi connectivity index (χ4v) is 4.28. The Morgan fingerprint density at radius 1 is 0.821 bits per heavy atom.